The van der Waals surface area contributed by atoms with Gasteiger partial charge >= 0.3 is 0 Å². The molecule has 2 heterocycles. The summed E-state index contributed by atoms with van der Waals surface area (Å²) in [4.78, 5) is 12.7. The van der Waals surface area contributed by atoms with Gasteiger partial charge in [-0.25, -0.2) is 4.39 Å². The number of carbonyl (C=O) groups excluding carboxylic acids is 1. The van der Waals surface area contributed by atoms with Gasteiger partial charge in [0.05, 0.1) is 22.8 Å². The van der Waals surface area contributed by atoms with Crippen LogP contribution in [0.5, 0.6) is 0 Å². The first-order chi connectivity index (χ1) is 14.9. The zero-order valence-corrected chi connectivity index (χ0v) is 18.2. The quantitative estimate of drug-likeness (QED) is 0.374. The number of furan rings is 1. The smallest absolute Gasteiger partial charge is 0.237 e. The normalized spacial score (nSPS) is 12.0. The molecule has 0 fully saturated rings. The van der Waals surface area contributed by atoms with E-state index in [1.807, 2.05) is 47.9 Å². The van der Waals surface area contributed by atoms with Crippen molar-refractivity contribution in [2.75, 3.05) is 5.32 Å². The van der Waals surface area contributed by atoms with Crippen LogP contribution in [0.15, 0.2) is 70.4 Å². The molecule has 0 aliphatic carbocycles. The van der Waals surface area contributed by atoms with Gasteiger partial charge in [0.15, 0.2) is 11.0 Å². The third-order valence-corrected chi connectivity index (χ3v) is 5.87. The van der Waals surface area contributed by atoms with E-state index in [2.05, 4.69) is 15.5 Å². The lowest BCUT2D eigenvalue weighted by Gasteiger charge is -2.14. The van der Waals surface area contributed by atoms with Gasteiger partial charge in [0.25, 0.3) is 0 Å². The molecule has 1 atom stereocenters. The van der Waals surface area contributed by atoms with Crippen LogP contribution >= 0.6 is 23.4 Å². The van der Waals surface area contributed by atoms with Crippen LogP contribution in [-0.4, -0.2) is 25.9 Å². The van der Waals surface area contributed by atoms with Crippen LogP contribution < -0.4 is 5.32 Å². The Hall–Kier alpha value is -3.10. The average Bonchev–Trinajstić information content (AvgIpc) is 3.36. The number of benzene rings is 2. The van der Waals surface area contributed by atoms with Gasteiger partial charge in [-0.2, -0.15) is 0 Å². The largest absolute Gasteiger partial charge is 0.469 e. The second-order valence-electron chi connectivity index (χ2n) is 6.74. The van der Waals surface area contributed by atoms with Crippen LogP contribution in [0, 0.1) is 12.7 Å². The van der Waals surface area contributed by atoms with Crippen molar-refractivity contribution in [2.24, 2.45) is 0 Å². The SMILES string of the molecule is Cc1occc1-c1nnc(SC(C)C(=O)Nc2ccc(Cl)cc2F)n1-c1ccccc1. The molecule has 4 aromatic rings. The van der Waals surface area contributed by atoms with Crippen LogP contribution in [0.25, 0.3) is 17.1 Å². The number of hydrogen-bond acceptors (Lipinski definition) is 5. The molecule has 2 aromatic heterocycles. The number of anilines is 1. The molecule has 0 spiro atoms. The van der Waals surface area contributed by atoms with E-state index in [4.69, 9.17) is 16.0 Å². The van der Waals surface area contributed by atoms with Gasteiger partial charge in [-0.3, -0.25) is 9.36 Å². The predicted molar refractivity (Wildman–Crippen MR) is 119 cm³/mol. The molecule has 1 unspecified atom stereocenters. The number of rotatable bonds is 6. The molecule has 0 radical (unpaired) electrons. The van der Waals surface area contributed by atoms with Crippen molar-refractivity contribution in [2.45, 2.75) is 24.3 Å². The number of aromatic nitrogens is 3. The fourth-order valence-electron chi connectivity index (χ4n) is 2.98. The van der Waals surface area contributed by atoms with E-state index in [9.17, 15) is 9.18 Å². The third-order valence-electron chi connectivity index (χ3n) is 4.59. The second kappa shape index (κ2) is 8.95. The van der Waals surface area contributed by atoms with Gasteiger partial charge in [0, 0.05) is 10.7 Å². The Bertz CT molecular complexity index is 1230. The summed E-state index contributed by atoms with van der Waals surface area (Å²) in [5.41, 5.74) is 1.73. The molecule has 0 saturated heterocycles. The van der Waals surface area contributed by atoms with Gasteiger partial charge < -0.3 is 9.73 Å². The summed E-state index contributed by atoms with van der Waals surface area (Å²) < 4.78 is 21.3. The molecule has 1 N–H and O–H groups in total. The maximum Gasteiger partial charge on any atom is 0.237 e. The second-order valence-corrected chi connectivity index (χ2v) is 8.49. The van der Waals surface area contributed by atoms with Crippen molar-refractivity contribution in [3.63, 3.8) is 0 Å². The van der Waals surface area contributed by atoms with Crippen molar-refractivity contribution in [3.8, 4) is 17.1 Å². The first-order valence-electron chi connectivity index (χ1n) is 9.42. The Labute approximate surface area is 187 Å². The predicted octanol–water partition coefficient (Wildman–Crippen LogP) is 5.75. The summed E-state index contributed by atoms with van der Waals surface area (Å²) in [7, 11) is 0. The highest BCUT2D eigenvalue weighted by molar-refractivity contribution is 8.00. The standard InChI is InChI=1S/C22H18ClFN4O2S/c1-13-17(10-11-30-13)20-26-27-22(28(20)16-6-4-3-5-7-16)31-14(2)21(29)25-19-9-8-15(23)12-18(19)24/h3-12,14H,1-2H3,(H,25,29). The Morgan fingerprint density at radius 1 is 1.19 bits per heavy atom. The molecule has 0 aliphatic heterocycles. The Kier molecular flexibility index (Phi) is 6.11. The average molecular weight is 457 g/mol. The molecule has 9 heteroatoms. The highest BCUT2D eigenvalue weighted by Crippen LogP contribution is 2.32. The number of carbonyl (C=O) groups is 1. The van der Waals surface area contributed by atoms with Crippen LogP contribution in [0.2, 0.25) is 5.02 Å². The summed E-state index contributed by atoms with van der Waals surface area (Å²) in [5.74, 6) is 0.361. The minimum Gasteiger partial charge on any atom is -0.469 e. The van der Waals surface area contributed by atoms with Gasteiger partial charge in [-0.1, -0.05) is 41.6 Å². The van der Waals surface area contributed by atoms with E-state index < -0.39 is 11.1 Å². The molecule has 0 bridgehead atoms. The minimum atomic E-state index is -0.594. The number of halogens is 2. The van der Waals surface area contributed by atoms with E-state index in [1.54, 1.807) is 13.2 Å². The lowest BCUT2D eigenvalue weighted by atomic mass is 10.2. The van der Waals surface area contributed by atoms with Crippen LogP contribution in [-0.2, 0) is 4.79 Å². The molecule has 31 heavy (non-hydrogen) atoms. The van der Waals surface area contributed by atoms with E-state index >= 15 is 0 Å². The van der Waals surface area contributed by atoms with E-state index in [-0.39, 0.29) is 16.6 Å². The highest BCUT2D eigenvalue weighted by atomic mass is 35.5. The first kappa shape index (κ1) is 21.1. The minimum absolute atomic E-state index is 0.0705. The van der Waals surface area contributed by atoms with Crippen molar-refractivity contribution in [3.05, 3.63) is 77.5 Å². The molecule has 0 saturated carbocycles. The number of para-hydroxylation sites is 1. The van der Waals surface area contributed by atoms with Crippen molar-refractivity contribution >= 4 is 35.0 Å². The van der Waals surface area contributed by atoms with E-state index in [1.165, 1.54) is 23.9 Å². The maximum absolute atomic E-state index is 14.0. The maximum atomic E-state index is 14.0. The Morgan fingerprint density at radius 2 is 1.97 bits per heavy atom. The molecular weight excluding hydrogens is 439 g/mol. The van der Waals surface area contributed by atoms with E-state index in [0.29, 0.717) is 16.7 Å². The molecule has 6 nitrogen and oxygen atoms in total. The van der Waals surface area contributed by atoms with Crippen LogP contribution in [0.1, 0.15) is 12.7 Å². The number of thioether (sulfide) groups is 1. The fraction of sp³-hybridized carbons (Fsp3) is 0.136. The first-order valence-corrected chi connectivity index (χ1v) is 10.7. The van der Waals surface area contributed by atoms with Gasteiger partial charge in [-0.15, -0.1) is 10.2 Å². The summed E-state index contributed by atoms with van der Waals surface area (Å²) >= 11 is 7.00. The van der Waals surface area contributed by atoms with Gasteiger partial charge in [0.1, 0.15) is 11.6 Å². The van der Waals surface area contributed by atoms with Gasteiger partial charge in [0.2, 0.25) is 5.91 Å². The molecule has 1 amide bonds. The number of aryl methyl sites for hydroxylation is 1. The van der Waals surface area contributed by atoms with Crippen LogP contribution in [0.3, 0.4) is 0 Å². The Balaban J connectivity index is 1.63. The van der Waals surface area contributed by atoms with Crippen LogP contribution in [0.4, 0.5) is 10.1 Å². The molecule has 0 aliphatic rings. The van der Waals surface area contributed by atoms with E-state index in [0.717, 1.165) is 17.3 Å². The molecule has 4 rings (SSSR count). The van der Waals surface area contributed by atoms with Crippen molar-refractivity contribution in [1.82, 2.24) is 14.8 Å². The zero-order valence-electron chi connectivity index (χ0n) is 16.7. The zero-order chi connectivity index (χ0) is 22.0. The molecule has 2 aromatic carbocycles. The number of hydrogen-bond donors (Lipinski definition) is 1. The van der Waals surface area contributed by atoms with Crippen molar-refractivity contribution < 1.29 is 13.6 Å². The lowest BCUT2D eigenvalue weighted by Crippen LogP contribution is -2.23. The topological polar surface area (TPSA) is 72.9 Å². The fourth-order valence-corrected chi connectivity index (χ4v) is 4.01. The highest BCUT2D eigenvalue weighted by Gasteiger charge is 2.23. The number of nitrogens with zero attached hydrogens (tertiary/aromatic N) is 3. The monoisotopic (exact) mass is 456 g/mol. The third kappa shape index (κ3) is 4.50. The summed E-state index contributed by atoms with van der Waals surface area (Å²) in [6.07, 6.45) is 1.60. The summed E-state index contributed by atoms with van der Waals surface area (Å²) in [6, 6.07) is 15.5. The summed E-state index contributed by atoms with van der Waals surface area (Å²) in [6.45, 7) is 3.57. The number of nitrogens with one attached hydrogen (secondary N) is 1. The molecule has 158 valence electrons. The summed E-state index contributed by atoms with van der Waals surface area (Å²) in [5, 5.41) is 11.5. The lowest BCUT2D eigenvalue weighted by molar-refractivity contribution is -0.115. The van der Waals surface area contributed by atoms with Gasteiger partial charge in [-0.05, 0) is 50.2 Å². The Morgan fingerprint density at radius 3 is 2.65 bits per heavy atom. The number of amides is 1. The molecular formula is C22H18ClFN4O2S. The van der Waals surface area contributed by atoms with Crippen molar-refractivity contribution in [1.29, 1.82) is 0 Å².